The smallest absolute Gasteiger partial charge is 0.323 e. The van der Waals surface area contributed by atoms with Crippen molar-refractivity contribution < 1.29 is 14.3 Å². The van der Waals surface area contributed by atoms with Crippen LogP contribution in [-0.4, -0.2) is 18.5 Å². The van der Waals surface area contributed by atoms with Crippen molar-refractivity contribution in [3.63, 3.8) is 0 Å². The predicted molar refractivity (Wildman–Crippen MR) is 116 cm³/mol. The Morgan fingerprint density at radius 3 is 2.14 bits per heavy atom. The summed E-state index contributed by atoms with van der Waals surface area (Å²) in [5.41, 5.74) is 1.71. The average molecular weight is 430 g/mol. The van der Waals surface area contributed by atoms with Crippen LogP contribution < -0.4 is 20.7 Å². The van der Waals surface area contributed by atoms with Gasteiger partial charge in [-0.05, 0) is 48.5 Å². The zero-order valence-electron chi connectivity index (χ0n) is 15.1. The van der Waals surface area contributed by atoms with Crippen LogP contribution >= 0.6 is 23.2 Å². The minimum Gasteiger partial charge on any atom is -0.482 e. The van der Waals surface area contributed by atoms with Crippen LogP contribution in [0.25, 0.3) is 0 Å². The largest absolute Gasteiger partial charge is 0.482 e. The van der Waals surface area contributed by atoms with Gasteiger partial charge < -0.3 is 20.7 Å². The fourth-order valence-corrected chi connectivity index (χ4v) is 2.89. The van der Waals surface area contributed by atoms with E-state index in [0.717, 1.165) is 0 Å². The quantitative estimate of drug-likeness (QED) is 0.473. The van der Waals surface area contributed by atoms with Gasteiger partial charge in [0.25, 0.3) is 5.91 Å². The highest BCUT2D eigenvalue weighted by atomic mass is 35.5. The van der Waals surface area contributed by atoms with Crippen LogP contribution in [0, 0.1) is 0 Å². The molecule has 0 aromatic heterocycles. The third kappa shape index (κ3) is 6.41. The van der Waals surface area contributed by atoms with E-state index in [9.17, 15) is 9.59 Å². The Morgan fingerprint density at radius 1 is 0.759 bits per heavy atom. The Labute approximate surface area is 177 Å². The maximum absolute atomic E-state index is 12.1. The number of ether oxygens (including phenoxy) is 1. The van der Waals surface area contributed by atoms with E-state index in [1.54, 1.807) is 48.5 Å². The summed E-state index contributed by atoms with van der Waals surface area (Å²) in [4.78, 5) is 24.2. The van der Waals surface area contributed by atoms with Crippen LogP contribution in [0.4, 0.5) is 21.9 Å². The molecule has 0 heterocycles. The van der Waals surface area contributed by atoms with E-state index in [2.05, 4.69) is 16.0 Å². The minimum atomic E-state index is -0.389. The predicted octanol–water partition coefficient (Wildman–Crippen LogP) is 5.65. The SMILES string of the molecule is O=C(COc1ccc(Cl)cc1Cl)Nc1cccc(NC(=O)Nc2ccccc2)c1. The van der Waals surface area contributed by atoms with Crippen LogP contribution in [0.2, 0.25) is 10.0 Å². The number of halogens is 2. The van der Waals surface area contributed by atoms with Crippen molar-refractivity contribution in [2.24, 2.45) is 0 Å². The third-order valence-corrected chi connectivity index (χ3v) is 4.22. The lowest BCUT2D eigenvalue weighted by molar-refractivity contribution is -0.118. The summed E-state index contributed by atoms with van der Waals surface area (Å²) in [5.74, 6) is -0.0129. The van der Waals surface area contributed by atoms with Crippen LogP contribution in [0.15, 0.2) is 72.8 Å². The molecule has 29 heavy (non-hydrogen) atoms. The van der Waals surface area contributed by atoms with Gasteiger partial charge in [0.2, 0.25) is 0 Å². The Kier molecular flexibility index (Phi) is 6.94. The Morgan fingerprint density at radius 2 is 1.41 bits per heavy atom. The summed E-state index contributed by atoms with van der Waals surface area (Å²) in [5, 5.41) is 8.93. The van der Waals surface area contributed by atoms with Crippen molar-refractivity contribution >= 4 is 52.2 Å². The van der Waals surface area contributed by atoms with Gasteiger partial charge in [0.1, 0.15) is 5.75 Å². The maximum Gasteiger partial charge on any atom is 0.323 e. The van der Waals surface area contributed by atoms with E-state index in [0.29, 0.717) is 32.9 Å². The monoisotopic (exact) mass is 429 g/mol. The van der Waals surface area contributed by atoms with Crippen molar-refractivity contribution in [2.45, 2.75) is 0 Å². The first-order valence-electron chi connectivity index (χ1n) is 8.60. The van der Waals surface area contributed by atoms with E-state index in [-0.39, 0.29) is 18.5 Å². The lowest BCUT2D eigenvalue weighted by Crippen LogP contribution is -2.21. The van der Waals surface area contributed by atoms with E-state index < -0.39 is 0 Å². The van der Waals surface area contributed by atoms with Crippen molar-refractivity contribution in [3.8, 4) is 5.75 Å². The standard InChI is InChI=1S/C21H17Cl2N3O3/c22-14-9-10-19(18(23)11-14)29-13-20(27)24-16-7-4-8-17(12-16)26-21(28)25-15-5-2-1-3-6-15/h1-12H,13H2,(H,24,27)(H2,25,26,28). The van der Waals surface area contributed by atoms with Crippen molar-refractivity contribution in [3.05, 3.63) is 82.8 Å². The molecule has 0 unspecified atom stereocenters. The number of para-hydroxylation sites is 1. The minimum absolute atomic E-state index is 0.229. The second kappa shape index (κ2) is 9.82. The molecule has 0 aliphatic rings. The topological polar surface area (TPSA) is 79.5 Å². The summed E-state index contributed by atoms with van der Waals surface area (Å²) in [6, 6.07) is 20.2. The molecule has 0 radical (unpaired) electrons. The number of urea groups is 1. The summed E-state index contributed by atoms with van der Waals surface area (Å²) in [6.07, 6.45) is 0. The Balaban J connectivity index is 1.53. The molecule has 3 N–H and O–H groups in total. The molecule has 0 fully saturated rings. The van der Waals surface area contributed by atoms with Crippen molar-refractivity contribution in [1.82, 2.24) is 0 Å². The molecule has 148 valence electrons. The highest BCUT2D eigenvalue weighted by molar-refractivity contribution is 6.35. The van der Waals surface area contributed by atoms with Gasteiger partial charge in [-0.2, -0.15) is 0 Å². The lowest BCUT2D eigenvalue weighted by atomic mass is 10.2. The summed E-state index contributed by atoms with van der Waals surface area (Å²) < 4.78 is 5.40. The first-order chi connectivity index (χ1) is 14.0. The molecule has 3 aromatic carbocycles. The van der Waals surface area contributed by atoms with Gasteiger partial charge in [0, 0.05) is 22.1 Å². The average Bonchev–Trinajstić information content (AvgIpc) is 2.68. The van der Waals surface area contributed by atoms with E-state index in [1.165, 1.54) is 6.07 Å². The molecule has 0 saturated carbocycles. The highest BCUT2D eigenvalue weighted by Crippen LogP contribution is 2.27. The van der Waals surface area contributed by atoms with Gasteiger partial charge in [-0.15, -0.1) is 0 Å². The molecule has 0 saturated heterocycles. The van der Waals surface area contributed by atoms with E-state index in [1.807, 2.05) is 18.2 Å². The summed E-state index contributed by atoms with van der Waals surface area (Å²) >= 11 is 11.8. The molecule has 0 aliphatic heterocycles. The molecular weight excluding hydrogens is 413 g/mol. The highest BCUT2D eigenvalue weighted by Gasteiger charge is 2.08. The van der Waals surface area contributed by atoms with Gasteiger partial charge in [-0.3, -0.25) is 4.79 Å². The van der Waals surface area contributed by atoms with Crippen LogP contribution in [0.1, 0.15) is 0 Å². The van der Waals surface area contributed by atoms with Gasteiger partial charge in [-0.1, -0.05) is 47.5 Å². The first kappa shape index (κ1) is 20.5. The second-order valence-electron chi connectivity index (χ2n) is 5.94. The molecule has 3 rings (SSSR count). The molecule has 0 bridgehead atoms. The fourth-order valence-electron chi connectivity index (χ4n) is 2.42. The normalized spacial score (nSPS) is 10.1. The van der Waals surface area contributed by atoms with E-state index in [4.69, 9.17) is 27.9 Å². The lowest BCUT2D eigenvalue weighted by Gasteiger charge is -2.11. The van der Waals surface area contributed by atoms with Gasteiger partial charge in [0.15, 0.2) is 6.61 Å². The second-order valence-corrected chi connectivity index (χ2v) is 6.78. The van der Waals surface area contributed by atoms with Gasteiger partial charge in [-0.25, -0.2) is 4.79 Å². The molecule has 3 aromatic rings. The summed E-state index contributed by atoms with van der Waals surface area (Å²) in [7, 11) is 0. The number of carbonyl (C=O) groups excluding carboxylic acids is 2. The van der Waals surface area contributed by atoms with Crippen molar-refractivity contribution in [1.29, 1.82) is 0 Å². The molecule has 0 spiro atoms. The number of benzene rings is 3. The number of hydrogen-bond acceptors (Lipinski definition) is 3. The zero-order chi connectivity index (χ0) is 20.6. The molecule has 8 heteroatoms. The van der Waals surface area contributed by atoms with Crippen LogP contribution in [0.3, 0.4) is 0 Å². The molecule has 0 atom stereocenters. The van der Waals surface area contributed by atoms with Crippen LogP contribution in [0.5, 0.6) is 5.75 Å². The van der Waals surface area contributed by atoms with Gasteiger partial charge in [0.05, 0.1) is 5.02 Å². The van der Waals surface area contributed by atoms with Gasteiger partial charge >= 0.3 is 6.03 Å². The molecular formula is C21H17Cl2N3O3. The fraction of sp³-hybridized carbons (Fsp3) is 0.0476. The third-order valence-electron chi connectivity index (χ3n) is 3.69. The maximum atomic E-state index is 12.1. The molecule has 3 amide bonds. The summed E-state index contributed by atoms with van der Waals surface area (Å²) in [6.45, 7) is -0.229. The zero-order valence-corrected chi connectivity index (χ0v) is 16.6. The first-order valence-corrected chi connectivity index (χ1v) is 9.36. The number of amides is 3. The number of anilines is 3. The van der Waals surface area contributed by atoms with Crippen LogP contribution in [-0.2, 0) is 4.79 Å². The Bertz CT molecular complexity index is 1010. The van der Waals surface area contributed by atoms with Crippen molar-refractivity contribution in [2.75, 3.05) is 22.6 Å². The number of rotatable bonds is 6. The Hall–Kier alpha value is -3.22. The number of carbonyl (C=O) groups is 2. The number of nitrogens with one attached hydrogen (secondary N) is 3. The van der Waals surface area contributed by atoms with E-state index >= 15 is 0 Å². The molecule has 0 aliphatic carbocycles. The molecule has 6 nitrogen and oxygen atoms in total. The number of hydrogen-bond donors (Lipinski definition) is 3.